The van der Waals surface area contributed by atoms with Gasteiger partial charge in [-0.15, -0.1) is 0 Å². The second-order valence-electron chi connectivity index (χ2n) is 3.08. The minimum atomic E-state index is -0.162. The van der Waals surface area contributed by atoms with Gasteiger partial charge in [-0.25, -0.2) is 0 Å². The summed E-state index contributed by atoms with van der Waals surface area (Å²) in [5.41, 5.74) is -0.00132. The van der Waals surface area contributed by atoms with Gasteiger partial charge in [-0.3, -0.25) is 4.79 Å². The zero-order valence-electron chi connectivity index (χ0n) is 6.47. The van der Waals surface area contributed by atoms with Crippen LogP contribution in [0.4, 0.5) is 0 Å². The molecule has 0 unspecified atom stereocenters. The van der Waals surface area contributed by atoms with Crippen molar-refractivity contribution in [2.45, 2.75) is 12.8 Å². The van der Waals surface area contributed by atoms with E-state index in [1.54, 1.807) is 0 Å². The molecule has 1 aliphatic rings. The average Bonchev–Trinajstić information content (AvgIpc) is 2.81. The van der Waals surface area contributed by atoms with Crippen LogP contribution in [-0.4, -0.2) is 24.2 Å². The van der Waals surface area contributed by atoms with E-state index in [1.807, 2.05) is 0 Å². The van der Waals surface area contributed by atoms with E-state index in [2.05, 4.69) is 11.9 Å². The smallest absolute Gasteiger partial charge is 0.243 e. The van der Waals surface area contributed by atoms with E-state index in [0.717, 1.165) is 12.8 Å². The van der Waals surface area contributed by atoms with Crippen molar-refractivity contribution in [1.29, 1.82) is 0 Å². The van der Waals surface area contributed by atoms with Crippen LogP contribution in [-0.2, 0) is 4.79 Å². The summed E-state index contributed by atoms with van der Waals surface area (Å²) in [5, 5.41) is 11.5. The molecule has 0 spiro atoms. The van der Waals surface area contributed by atoms with E-state index < -0.39 is 0 Å². The van der Waals surface area contributed by atoms with Gasteiger partial charge in [0.25, 0.3) is 0 Å². The fraction of sp³-hybridized carbons (Fsp3) is 0.625. The minimum absolute atomic E-state index is 0.00132. The van der Waals surface area contributed by atoms with Gasteiger partial charge < -0.3 is 10.4 Å². The fourth-order valence-electron chi connectivity index (χ4n) is 0.914. The number of aliphatic hydroxyl groups excluding tert-OH is 1. The SMILES string of the molecule is C=CC(=O)NCC1(CO)CC1. The Morgan fingerprint density at radius 3 is 2.73 bits per heavy atom. The molecule has 0 aromatic heterocycles. The molecule has 11 heavy (non-hydrogen) atoms. The molecular formula is C8H13NO2. The number of aliphatic hydroxyl groups is 1. The quantitative estimate of drug-likeness (QED) is 0.564. The zero-order valence-corrected chi connectivity index (χ0v) is 6.47. The highest BCUT2D eigenvalue weighted by Gasteiger charge is 2.41. The number of nitrogens with one attached hydrogen (secondary N) is 1. The monoisotopic (exact) mass is 155 g/mol. The van der Waals surface area contributed by atoms with Crippen LogP contribution in [0.3, 0.4) is 0 Å². The zero-order chi connectivity index (χ0) is 8.32. The van der Waals surface area contributed by atoms with Gasteiger partial charge in [0.05, 0.1) is 6.61 Å². The second-order valence-corrected chi connectivity index (χ2v) is 3.08. The lowest BCUT2D eigenvalue weighted by atomic mass is 10.1. The molecule has 0 saturated heterocycles. The summed E-state index contributed by atoms with van der Waals surface area (Å²) in [6.45, 7) is 4.08. The normalized spacial score (nSPS) is 19.0. The van der Waals surface area contributed by atoms with Crippen molar-refractivity contribution < 1.29 is 9.90 Å². The largest absolute Gasteiger partial charge is 0.396 e. The predicted molar refractivity (Wildman–Crippen MR) is 42.0 cm³/mol. The number of hydrogen-bond acceptors (Lipinski definition) is 2. The van der Waals surface area contributed by atoms with Crippen LogP contribution >= 0.6 is 0 Å². The average molecular weight is 155 g/mol. The van der Waals surface area contributed by atoms with Gasteiger partial charge in [0.15, 0.2) is 0 Å². The maximum Gasteiger partial charge on any atom is 0.243 e. The number of hydrogen-bond donors (Lipinski definition) is 2. The van der Waals surface area contributed by atoms with Crippen molar-refractivity contribution >= 4 is 5.91 Å². The minimum Gasteiger partial charge on any atom is -0.396 e. The number of amides is 1. The Kier molecular flexibility index (Phi) is 2.29. The van der Waals surface area contributed by atoms with Crippen molar-refractivity contribution in [3.63, 3.8) is 0 Å². The van der Waals surface area contributed by atoms with Crippen molar-refractivity contribution in [2.75, 3.05) is 13.2 Å². The van der Waals surface area contributed by atoms with Crippen LogP contribution in [0.1, 0.15) is 12.8 Å². The summed E-state index contributed by atoms with van der Waals surface area (Å²) < 4.78 is 0. The lowest BCUT2D eigenvalue weighted by Gasteiger charge is -2.10. The first-order chi connectivity index (χ1) is 5.22. The Morgan fingerprint density at radius 1 is 1.73 bits per heavy atom. The first-order valence-corrected chi connectivity index (χ1v) is 3.74. The molecule has 2 N–H and O–H groups in total. The van der Waals surface area contributed by atoms with Gasteiger partial charge in [0, 0.05) is 12.0 Å². The standard InChI is InChI=1S/C8H13NO2/c1-2-7(11)9-5-8(6-10)3-4-8/h2,10H,1,3-6H2,(H,9,11). The summed E-state index contributed by atoms with van der Waals surface area (Å²) in [5.74, 6) is -0.162. The lowest BCUT2D eigenvalue weighted by molar-refractivity contribution is -0.116. The summed E-state index contributed by atoms with van der Waals surface area (Å²) in [6, 6.07) is 0. The van der Waals surface area contributed by atoms with Crippen LogP contribution < -0.4 is 5.32 Å². The van der Waals surface area contributed by atoms with Gasteiger partial charge in [-0.2, -0.15) is 0 Å². The van der Waals surface area contributed by atoms with Crippen molar-refractivity contribution in [3.8, 4) is 0 Å². The molecule has 1 saturated carbocycles. The molecule has 0 aliphatic heterocycles. The molecule has 0 aromatic rings. The Hall–Kier alpha value is -0.830. The summed E-state index contributed by atoms with van der Waals surface area (Å²) in [7, 11) is 0. The predicted octanol–water partition coefficient (Wildman–Crippen LogP) is 0.0611. The first kappa shape index (κ1) is 8.27. The molecule has 1 aliphatic carbocycles. The molecule has 0 aromatic carbocycles. The van der Waals surface area contributed by atoms with Gasteiger partial charge in [0.2, 0.25) is 5.91 Å². The molecule has 0 bridgehead atoms. The second kappa shape index (κ2) is 3.05. The Morgan fingerprint density at radius 2 is 2.36 bits per heavy atom. The Bertz CT molecular complexity index is 173. The molecule has 3 heteroatoms. The summed E-state index contributed by atoms with van der Waals surface area (Å²) in [4.78, 5) is 10.7. The topological polar surface area (TPSA) is 49.3 Å². The summed E-state index contributed by atoms with van der Waals surface area (Å²) >= 11 is 0. The highest BCUT2D eigenvalue weighted by Crippen LogP contribution is 2.44. The molecule has 3 nitrogen and oxygen atoms in total. The van der Waals surface area contributed by atoms with Gasteiger partial charge >= 0.3 is 0 Å². The van der Waals surface area contributed by atoms with Gasteiger partial charge in [-0.05, 0) is 18.9 Å². The maximum atomic E-state index is 10.7. The van der Waals surface area contributed by atoms with Crippen molar-refractivity contribution in [2.24, 2.45) is 5.41 Å². The molecule has 1 amide bonds. The molecule has 0 radical (unpaired) electrons. The van der Waals surface area contributed by atoms with E-state index in [1.165, 1.54) is 6.08 Å². The number of carbonyl (C=O) groups is 1. The summed E-state index contributed by atoms with van der Waals surface area (Å²) in [6.07, 6.45) is 3.27. The van der Waals surface area contributed by atoms with E-state index >= 15 is 0 Å². The fourth-order valence-corrected chi connectivity index (χ4v) is 0.914. The van der Waals surface area contributed by atoms with Crippen LogP contribution in [0.25, 0.3) is 0 Å². The highest BCUT2D eigenvalue weighted by atomic mass is 16.3. The van der Waals surface area contributed by atoms with Gasteiger partial charge in [0.1, 0.15) is 0 Å². The van der Waals surface area contributed by atoms with Crippen LogP contribution in [0.15, 0.2) is 12.7 Å². The third-order valence-corrected chi connectivity index (χ3v) is 2.12. The van der Waals surface area contributed by atoms with Crippen LogP contribution in [0.2, 0.25) is 0 Å². The molecule has 0 heterocycles. The van der Waals surface area contributed by atoms with Crippen LogP contribution in [0.5, 0.6) is 0 Å². The molecule has 0 atom stereocenters. The highest BCUT2D eigenvalue weighted by molar-refractivity contribution is 5.86. The Balaban J connectivity index is 2.21. The number of rotatable bonds is 4. The third-order valence-electron chi connectivity index (χ3n) is 2.12. The molecule has 1 rings (SSSR count). The molecule has 1 fully saturated rings. The molecular weight excluding hydrogens is 142 g/mol. The number of carbonyl (C=O) groups excluding carboxylic acids is 1. The van der Waals surface area contributed by atoms with E-state index in [4.69, 9.17) is 5.11 Å². The van der Waals surface area contributed by atoms with Crippen molar-refractivity contribution in [1.82, 2.24) is 5.32 Å². The molecule has 62 valence electrons. The van der Waals surface area contributed by atoms with E-state index in [0.29, 0.717) is 6.54 Å². The lowest BCUT2D eigenvalue weighted by Crippen LogP contribution is -2.30. The van der Waals surface area contributed by atoms with Gasteiger partial charge in [-0.1, -0.05) is 6.58 Å². The van der Waals surface area contributed by atoms with Crippen LogP contribution in [0, 0.1) is 5.41 Å². The maximum absolute atomic E-state index is 10.7. The Labute approximate surface area is 66.1 Å². The van der Waals surface area contributed by atoms with E-state index in [9.17, 15) is 4.79 Å². The first-order valence-electron chi connectivity index (χ1n) is 3.74. The third kappa shape index (κ3) is 2.05. The van der Waals surface area contributed by atoms with E-state index in [-0.39, 0.29) is 17.9 Å². The van der Waals surface area contributed by atoms with Crippen molar-refractivity contribution in [3.05, 3.63) is 12.7 Å².